The molecule has 0 aliphatic heterocycles. The maximum atomic E-state index is 2.08. The van der Waals surface area contributed by atoms with Crippen LogP contribution in [0.15, 0.2) is 23.8 Å². The Bertz CT molecular complexity index is 86.2. The number of hydrogen-bond acceptors (Lipinski definition) is 0. The number of rotatable bonds is 1. The molecule has 0 unspecified atom stereocenters. The fourth-order valence-corrected chi connectivity index (χ4v) is 0.359. The molecule has 0 aliphatic rings. The van der Waals surface area contributed by atoms with Gasteiger partial charge < -0.3 is 0 Å². The van der Waals surface area contributed by atoms with Crippen LogP contribution in [0.4, 0.5) is 0 Å². The first-order valence-corrected chi connectivity index (χ1v) is 2.57. The van der Waals surface area contributed by atoms with E-state index in [4.69, 9.17) is 0 Å². The van der Waals surface area contributed by atoms with Crippen molar-refractivity contribution in [1.29, 1.82) is 0 Å². The topological polar surface area (TPSA) is 0 Å². The van der Waals surface area contributed by atoms with Gasteiger partial charge in [-0.2, -0.15) is 0 Å². The predicted molar refractivity (Wildman–Crippen MR) is 34.2 cm³/mol. The zero-order chi connectivity index (χ0) is 5.70. The molecule has 0 heteroatoms. The second-order valence-corrected chi connectivity index (χ2v) is 1.53. The first kappa shape index (κ1) is 6.48. The highest BCUT2D eigenvalue weighted by Gasteiger charge is 1.69. The van der Waals surface area contributed by atoms with E-state index in [1.54, 1.807) is 0 Å². The van der Waals surface area contributed by atoms with Gasteiger partial charge in [0.05, 0.1) is 0 Å². The summed E-state index contributed by atoms with van der Waals surface area (Å²) in [5.41, 5.74) is 1.32. The number of hydrogen-bond donors (Lipinski definition) is 0. The first-order valence-electron chi connectivity index (χ1n) is 2.57. The molecule has 7 heavy (non-hydrogen) atoms. The lowest BCUT2D eigenvalue weighted by Crippen LogP contribution is -1.60. The van der Waals surface area contributed by atoms with Crippen molar-refractivity contribution in [3.8, 4) is 0 Å². The van der Waals surface area contributed by atoms with Gasteiger partial charge in [0.25, 0.3) is 0 Å². The lowest BCUT2D eigenvalue weighted by atomic mass is 10.3. The van der Waals surface area contributed by atoms with Crippen LogP contribution in [-0.2, 0) is 0 Å². The molecule has 0 N–H and O–H groups in total. The van der Waals surface area contributed by atoms with E-state index in [-0.39, 0.29) is 0 Å². The van der Waals surface area contributed by atoms with E-state index in [1.807, 2.05) is 19.9 Å². The normalized spacial score (nSPS) is 13.3. The van der Waals surface area contributed by atoms with Crippen LogP contribution in [-0.4, -0.2) is 0 Å². The van der Waals surface area contributed by atoms with Gasteiger partial charge in [-0.1, -0.05) is 23.8 Å². The summed E-state index contributed by atoms with van der Waals surface area (Å²) in [7, 11) is 0. The second kappa shape index (κ2) is 3.66. The quantitative estimate of drug-likeness (QED) is 0.440. The summed E-state index contributed by atoms with van der Waals surface area (Å²) in [5, 5.41) is 0. The monoisotopic (exact) mass is 96.1 g/mol. The molecule has 0 bridgehead atoms. The van der Waals surface area contributed by atoms with Crippen molar-refractivity contribution < 1.29 is 0 Å². The average Bonchev–Trinajstić information content (AvgIpc) is 1.68. The molecule has 40 valence electrons. The van der Waals surface area contributed by atoms with Crippen molar-refractivity contribution in [2.45, 2.75) is 20.8 Å². The largest absolute Gasteiger partial charge is 0.0874 e. The summed E-state index contributed by atoms with van der Waals surface area (Å²) in [6.45, 7) is 6.14. The summed E-state index contributed by atoms with van der Waals surface area (Å²) < 4.78 is 0. The van der Waals surface area contributed by atoms with Gasteiger partial charge in [0.1, 0.15) is 0 Å². The lowest BCUT2D eigenvalue weighted by Gasteiger charge is -1.81. The van der Waals surface area contributed by atoms with Crippen LogP contribution >= 0.6 is 0 Å². The molecule has 0 saturated heterocycles. The maximum Gasteiger partial charge on any atom is -0.0401 e. The summed E-state index contributed by atoms with van der Waals surface area (Å²) in [4.78, 5) is 0. The smallest absolute Gasteiger partial charge is 0.0401 e. The van der Waals surface area contributed by atoms with E-state index in [2.05, 4.69) is 19.1 Å². The van der Waals surface area contributed by atoms with Crippen molar-refractivity contribution in [3.05, 3.63) is 23.8 Å². The van der Waals surface area contributed by atoms with Crippen LogP contribution < -0.4 is 0 Å². The molecule has 0 atom stereocenters. The molecule has 0 heterocycles. The van der Waals surface area contributed by atoms with Crippen LogP contribution in [0.25, 0.3) is 0 Å². The van der Waals surface area contributed by atoms with Crippen LogP contribution in [0.1, 0.15) is 20.8 Å². The Morgan fingerprint density at radius 3 is 2.00 bits per heavy atom. The van der Waals surface area contributed by atoms with Crippen molar-refractivity contribution in [1.82, 2.24) is 0 Å². The van der Waals surface area contributed by atoms with E-state index < -0.39 is 0 Å². The second-order valence-electron chi connectivity index (χ2n) is 1.53. The average molecular weight is 96.2 g/mol. The van der Waals surface area contributed by atoms with Crippen LogP contribution in [0.5, 0.6) is 0 Å². The molecule has 0 aromatic carbocycles. The molecule has 0 rings (SSSR count). The highest BCUT2D eigenvalue weighted by molar-refractivity contribution is 5.13. The Morgan fingerprint density at radius 1 is 1.29 bits per heavy atom. The molecule has 0 aromatic heterocycles. The maximum absolute atomic E-state index is 2.08. The van der Waals surface area contributed by atoms with Crippen LogP contribution in [0.2, 0.25) is 0 Å². The summed E-state index contributed by atoms with van der Waals surface area (Å²) in [6.07, 6.45) is 6.20. The third-order valence-electron chi connectivity index (χ3n) is 0.885. The van der Waals surface area contributed by atoms with Crippen LogP contribution in [0.3, 0.4) is 0 Å². The minimum Gasteiger partial charge on any atom is -0.0874 e. The van der Waals surface area contributed by atoms with Gasteiger partial charge in [-0.05, 0) is 20.8 Å². The van der Waals surface area contributed by atoms with E-state index >= 15 is 0 Å². The van der Waals surface area contributed by atoms with Gasteiger partial charge >= 0.3 is 0 Å². The minimum absolute atomic E-state index is 1.32. The van der Waals surface area contributed by atoms with Gasteiger partial charge in [-0.3, -0.25) is 0 Å². The van der Waals surface area contributed by atoms with E-state index in [9.17, 15) is 0 Å². The first-order chi connectivity index (χ1) is 3.31. The summed E-state index contributed by atoms with van der Waals surface area (Å²) in [6, 6.07) is 0. The van der Waals surface area contributed by atoms with Crippen molar-refractivity contribution >= 4 is 0 Å². The molecular formula is C7H12. The third-order valence-corrected chi connectivity index (χ3v) is 0.885. The molecule has 0 saturated carbocycles. The molecule has 0 aliphatic carbocycles. The molecular weight excluding hydrogens is 84.1 g/mol. The summed E-state index contributed by atoms with van der Waals surface area (Å²) in [5.74, 6) is 0. The third kappa shape index (κ3) is 3.31. The van der Waals surface area contributed by atoms with Gasteiger partial charge in [0.2, 0.25) is 0 Å². The minimum atomic E-state index is 1.32. The Morgan fingerprint density at radius 2 is 1.86 bits per heavy atom. The van der Waals surface area contributed by atoms with Gasteiger partial charge in [0.15, 0.2) is 0 Å². The molecule has 0 radical (unpaired) electrons. The fourth-order valence-electron chi connectivity index (χ4n) is 0.359. The SMILES string of the molecule is C/C=C\C(C)=C/C. The van der Waals surface area contributed by atoms with Crippen molar-refractivity contribution in [2.75, 3.05) is 0 Å². The molecule has 0 nitrogen and oxygen atoms in total. The number of allylic oxidation sites excluding steroid dienone is 4. The summed E-state index contributed by atoms with van der Waals surface area (Å²) >= 11 is 0. The van der Waals surface area contributed by atoms with Gasteiger partial charge in [-0.25, -0.2) is 0 Å². The predicted octanol–water partition coefficient (Wildman–Crippen LogP) is 2.53. The highest BCUT2D eigenvalue weighted by atomic mass is 13.8. The zero-order valence-electron chi connectivity index (χ0n) is 5.23. The zero-order valence-corrected chi connectivity index (χ0v) is 5.23. The standard InChI is InChI=1S/C7H12/c1-4-6-7(3)5-2/h4-6H,1-3H3/b6-4-,7-5-. The van der Waals surface area contributed by atoms with E-state index in [0.717, 1.165) is 0 Å². The lowest BCUT2D eigenvalue weighted by molar-refractivity contribution is 1.46. The molecule has 0 spiro atoms. The van der Waals surface area contributed by atoms with Crippen molar-refractivity contribution in [2.24, 2.45) is 0 Å². The molecule has 0 fully saturated rings. The highest BCUT2D eigenvalue weighted by Crippen LogP contribution is 1.91. The van der Waals surface area contributed by atoms with Gasteiger partial charge in [-0.15, -0.1) is 0 Å². The van der Waals surface area contributed by atoms with Crippen molar-refractivity contribution in [3.63, 3.8) is 0 Å². The van der Waals surface area contributed by atoms with E-state index in [1.165, 1.54) is 5.57 Å². The Labute approximate surface area is 45.5 Å². The fraction of sp³-hybridized carbons (Fsp3) is 0.429. The Hall–Kier alpha value is -0.520. The Kier molecular flexibility index (Phi) is 3.39. The van der Waals surface area contributed by atoms with Crippen LogP contribution in [0, 0.1) is 0 Å². The van der Waals surface area contributed by atoms with Gasteiger partial charge in [0, 0.05) is 0 Å². The Balaban J connectivity index is 3.58. The van der Waals surface area contributed by atoms with E-state index in [0.29, 0.717) is 0 Å². The molecule has 0 aromatic rings. The molecule has 0 amide bonds.